The number of halogens is 4. The molecule has 1 heterocycles. The number of anilines is 4. The van der Waals surface area contributed by atoms with Crippen LogP contribution in [-0.2, 0) is 0 Å². The van der Waals surface area contributed by atoms with Crippen LogP contribution in [0.25, 0.3) is 10.9 Å². The lowest BCUT2D eigenvalue weighted by Crippen LogP contribution is -1.99. The van der Waals surface area contributed by atoms with Crippen molar-refractivity contribution in [2.24, 2.45) is 0 Å². The van der Waals surface area contributed by atoms with E-state index in [-0.39, 0.29) is 10.0 Å². The SMILES string of the molecule is COc1cc2ncnc(Nc3ccc(F)c(Cl)c3)c2cc1Nc1ccc(F)c(Cl)c1. The number of nitrogens with zero attached hydrogens (tertiary/aromatic N) is 2. The maximum Gasteiger partial charge on any atom is 0.144 e. The Labute approximate surface area is 180 Å². The molecule has 0 aliphatic rings. The van der Waals surface area contributed by atoms with E-state index in [1.165, 1.54) is 37.7 Å². The third kappa shape index (κ3) is 4.08. The number of benzene rings is 3. The number of hydrogen-bond donors (Lipinski definition) is 2. The topological polar surface area (TPSA) is 59.1 Å². The molecule has 0 aliphatic carbocycles. The van der Waals surface area contributed by atoms with Crippen molar-refractivity contribution in [2.75, 3.05) is 17.7 Å². The molecule has 1 aromatic heterocycles. The minimum absolute atomic E-state index is 0.00127. The first kappa shape index (κ1) is 20.1. The van der Waals surface area contributed by atoms with Crippen LogP contribution in [0.1, 0.15) is 0 Å². The average Bonchev–Trinajstić information content (AvgIpc) is 2.73. The summed E-state index contributed by atoms with van der Waals surface area (Å²) in [4.78, 5) is 8.57. The molecule has 0 spiro atoms. The number of fused-ring (bicyclic) bond motifs is 1. The molecule has 0 aliphatic heterocycles. The van der Waals surface area contributed by atoms with Crippen LogP contribution in [0.4, 0.5) is 31.7 Å². The first-order chi connectivity index (χ1) is 14.4. The Morgan fingerprint density at radius 1 is 0.833 bits per heavy atom. The van der Waals surface area contributed by atoms with Crippen molar-refractivity contribution in [3.8, 4) is 5.75 Å². The minimum atomic E-state index is -0.510. The predicted molar refractivity (Wildman–Crippen MR) is 115 cm³/mol. The summed E-state index contributed by atoms with van der Waals surface area (Å²) in [5.74, 6) is -0.00239. The van der Waals surface area contributed by atoms with Gasteiger partial charge in [0.05, 0.1) is 28.4 Å². The van der Waals surface area contributed by atoms with E-state index in [9.17, 15) is 8.78 Å². The first-order valence-corrected chi connectivity index (χ1v) is 9.47. The van der Waals surface area contributed by atoms with Gasteiger partial charge in [-0.15, -0.1) is 0 Å². The Morgan fingerprint density at radius 3 is 2.07 bits per heavy atom. The summed E-state index contributed by atoms with van der Waals surface area (Å²) in [7, 11) is 1.53. The molecule has 0 fully saturated rings. The standard InChI is InChI=1S/C21H14Cl2F2N4O/c1-30-20-9-18-13(8-19(20)28-11-2-4-16(24)14(22)6-11)21(27-10-26-18)29-12-3-5-17(25)15(23)7-12/h2-10,28H,1H3,(H,26,27,29). The quantitative estimate of drug-likeness (QED) is 0.356. The van der Waals surface area contributed by atoms with Crippen molar-refractivity contribution in [2.45, 2.75) is 0 Å². The van der Waals surface area contributed by atoms with E-state index < -0.39 is 11.6 Å². The van der Waals surface area contributed by atoms with Gasteiger partial charge in [0.1, 0.15) is 29.5 Å². The molecule has 0 saturated carbocycles. The van der Waals surface area contributed by atoms with Gasteiger partial charge in [-0.05, 0) is 42.5 Å². The maximum absolute atomic E-state index is 13.5. The Hall–Kier alpha value is -3.16. The van der Waals surface area contributed by atoms with Crippen LogP contribution in [0.15, 0.2) is 54.9 Å². The van der Waals surface area contributed by atoms with Crippen LogP contribution >= 0.6 is 23.2 Å². The van der Waals surface area contributed by atoms with Crippen LogP contribution in [0.3, 0.4) is 0 Å². The monoisotopic (exact) mass is 446 g/mol. The summed E-state index contributed by atoms with van der Waals surface area (Å²) in [6.07, 6.45) is 1.40. The molecule has 2 N–H and O–H groups in total. The maximum atomic E-state index is 13.5. The summed E-state index contributed by atoms with van der Waals surface area (Å²) in [5.41, 5.74) is 2.37. The molecule has 0 radical (unpaired) electrons. The zero-order valence-electron chi connectivity index (χ0n) is 15.5. The Kier molecular flexibility index (Phi) is 5.57. The second-order valence-electron chi connectivity index (χ2n) is 6.30. The number of ether oxygens (including phenoxy) is 1. The second kappa shape index (κ2) is 8.30. The van der Waals surface area contributed by atoms with Gasteiger partial charge >= 0.3 is 0 Å². The van der Waals surface area contributed by atoms with Crippen molar-refractivity contribution in [3.63, 3.8) is 0 Å². The second-order valence-corrected chi connectivity index (χ2v) is 7.11. The predicted octanol–water partition coefficient (Wildman–Crippen LogP) is 6.71. The van der Waals surface area contributed by atoms with Gasteiger partial charge in [0, 0.05) is 22.8 Å². The van der Waals surface area contributed by atoms with Gasteiger partial charge in [-0.3, -0.25) is 0 Å². The van der Waals surface area contributed by atoms with E-state index in [1.807, 2.05) is 0 Å². The first-order valence-electron chi connectivity index (χ1n) is 8.71. The molecule has 9 heteroatoms. The van der Waals surface area contributed by atoms with E-state index in [0.717, 1.165) is 0 Å². The lowest BCUT2D eigenvalue weighted by molar-refractivity contribution is 0.417. The fourth-order valence-electron chi connectivity index (χ4n) is 2.89. The zero-order valence-corrected chi connectivity index (χ0v) is 17.0. The van der Waals surface area contributed by atoms with E-state index in [2.05, 4.69) is 20.6 Å². The zero-order chi connectivity index (χ0) is 21.3. The number of methoxy groups -OCH3 is 1. The van der Waals surface area contributed by atoms with Gasteiger partial charge in [-0.1, -0.05) is 23.2 Å². The number of rotatable bonds is 5. The van der Waals surface area contributed by atoms with E-state index in [4.69, 9.17) is 27.9 Å². The minimum Gasteiger partial charge on any atom is -0.494 e. The molecule has 30 heavy (non-hydrogen) atoms. The van der Waals surface area contributed by atoms with Gasteiger partial charge < -0.3 is 15.4 Å². The normalized spacial score (nSPS) is 10.8. The van der Waals surface area contributed by atoms with Gasteiger partial charge in [-0.2, -0.15) is 0 Å². The average molecular weight is 447 g/mol. The Bertz CT molecular complexity index is 1250. The number of hydrogen-bond acceptors (Lipinski definition) is 5. The van der Waals surface area contributed by atoms with Crippen molar-refractivity contribution in [1.29, 1.82) is 0 Å². The van der Waals surface area contributed by atoms with Gasteiger partial charge in [-0.25, -0.2) is 18.7 Å². The van der Waals surface area contributed by atoms with Gasteiger partial charge in [0.2, 0.25) is 0 Å². The number of aromatic nitrogens is 2. The summed E-state index contributed by atoms with van der Waals surface area (Å²) in [6.45, 7) is 0. The van der Waals surface area contributed by atoms with Gasteiger partial charge in [0.25, 0.3) is 0 Å². The lowest BCUT2D eigenvalue weighted by Gasteiger charge is -2.15. The molecule has 4 rings (SSSR count). The highest BCUT2D eigenvalue weighted by molar-refractivity contribution is 6.31. The molecular formula is C21H14Cl2F2N4O. The molecule has 152 valence electrons. The van der Waals surface area contributed by atoms with Gasteiger partial charge in [0.15, 0.2) is 0 Å². The Morgan fingerprint density at radius 2 is 1.47 bits per heavy atom. The highest BCUT2D eigenvalue weighted by Gasteiger charge is 2.12. The fourth-order valence-corrected chi connectivity index (χ4v) is 3.25. The van der Waals surface area contributed by atoms with Crippen molar-refractivity contribution >= 4 is 57.0 Å². The summed E-state index contributed by atoms with van der Waals surface area (Å²) < 4.78 is 32.4. The smallest absolute Gasteiger partial charge is 0.144 e. The summed E-state index contributed by atoms with van der Waals surface area (Å²) in [5, 5.41) is 6.95. The molecule has 3 aromatic carbocycles. The molecule has 0 amide bonds. The van der Waals surface area contributed by atoms with Crippen LogP contribution in [0, 0.1) is 11.6 Å². The van der Waals surface area contributed by atoms with E-state index in [0.29, 0.717) is 39.5 Å². The molecule has 0 bridgehead atoms. The third-order valence-corrected chi connectivity index (χ3v) is 4.92. The molecule has 0 saturated heterocycles. The van der Waals surface area contributed by atoms with E-state index >= 15 is 0 Å². The lowest BCUT2D eigenvalue weighted by atomic mass is 10.1. The number of nitrogens with one attached hydrogen (secondary N) is 2. The van der Waals surface area contributed by atoms with Crippen molar-refractivity contribution < 1.29 is 13.5 Å². The molecule has 0 unspecified atom stereocenters. The van der Waals surface area contributed by atoms with E-state index in [1.54, 1.807) is 24.3 Å². The molecule has 4 aromatic rings. The van der Waals surface area contributed by atoms with Crippen LogP contribution in [0.5, 0.6) is 5.75 Å². The molecule has 5 nitrogen and oxygen atoms in total. The summed E-state index contributed by atoms with van der Waals surface area (Å²) >= 11 is 11.7. The van der Waals surface area contributed by atoms with Crippen molar-refractivity contribution in [3.05, 3.63) is 76.5 Å². The highest BCUT2D eigenvalue weighted by Crippen LogP contribution is 2.35. The fraction of sp³-hybridized carbons (Fsp3) is 0.0476. The van der Waals surface area contributed by atoms with Crippen molar-refractivity contribution in [1.82, 2.24) is 9.97 Å². The highest BCUT2D eigenvalue weighted by atomic mass is 35.5. The van der Waals surface area contributed by atoms with Crippen LogP contribution in [0.2, 0.25) is 10.0 Å². The molecular weight excluding hydrogens is 433 g/mol. The third-order valence-electron chi connectivity index (χ3n) is 4.34. The van der Waals surface area contributed by atoms with Crippen LogP contribution in [-0.4, -0.2) is 17.1 Å². The van der Waals surface area contributed by atoms with Crippen LogP contribution < -0.4 is 15.4 Å². The largest absolute Gasteiger partial charge is 0.494 e. The molecule has 0 atom stereocenters. The Balaban J connectivity index is 1.76. The summed E-state index contributed by atoms with van der Waals surface area (Å²) in [6, 6.07) is 12.1.